The molecule has 1 saturated carbocycles. The third kappa shape index (κ3) is 2.90. The molecule has 1 aromatic heterocycles. The Hall–Kier alpha value is -1.36. The maximum atomic E-state index is 11.9. The Morgan fingerprint density at radius 3 is 2.83 bits per heavy atom. The first-order valence-corrected chi connectivity index (χ1v) is 7.08. The van der Waals surface area contributed by atoms with Gasteiger partial charge >= 0.3 is 5.97 Å². The molecule has 4 nitrogen and oxygen atoms in total. The van der Waals surface area contributed by atoms with E-state index in [1.165, 1.54) is 0 Å². The lowest BCUT2D eigenvalue weighted by molar-refractivity contribution is -0.140. The summed E-state index contributed by atoms with van der Waals surface area (Å²) >= 11 is 1.62. The average molecular weight is 267 g/mol. The smallest absolute Gasteiger partial charge is 0.307 e. The third-order valence-corrected chi connectivity index (χ3v) is 4.21. The van der Waals surface area contributed by atoms with E-state index >= 15 is 0 Å². The van der Waals surface area contributed by atoms with E-state index in [4.69, 9.17) is 5.11 Å². The molecule has 2 N–H and O–H groups in total. The quantitative estimate of drug-likeness (QED) is 0.832. The van der Waals surface area contributed by atoms with Gasteiger partial charge in [0.25, 0.3) is 0 Å². The van der Waals surface area contributed by atoms with Crippen LogP contribution in [0.5, 0.6) is 0 Å². The van der Waals surface area contributed by atoms with Crippen molar-refractivity contribution >= 4 is 23.2 Å². The minimum atomic E-state index is -0.863. The maximum absolute atomic E-state index is 11.9. The molecule has 18 heavy (non-hydrogen) atoms. The van der Waals surface area contributed by atoms with Crippen molar-refractivity contribution in [1.82, 2.24) is 5.32 Å². The fourth-order valence-corrected chi connectivity index (χ4v) is 2.91. The molecule has 1 fully saturated rings. The summed E-state index contributed by atoms with van der Waals surface area (Å²) in [5.74, 6) is -1.79. The van der Waals surface area contributed by atoms with Gasteiger partial charge in [-0.25, -0.2) is 0 Å². The summed E-state index contributed by atoms with van der Waals surface area (Å²) in [5, 5.41) is 13.8. The van der Waals surface area contributed by atoms with Crippen LogP contribution in [0.3, 0.4) is 0 Å². The molecule has 2 rings (SSSR count). The molecular weight excluding hydrogens is 250 g/mol. The van der Waals surface area contributed by atoms with Crippen molar-refractivity contribution in [2.45, 2.75) is 32.2 Å². The van der Waals surface area contributed by atoms with Crippen molar-refractivity contribution in [3.05, 3.63) is 22.4 Å². The minimum Gasteiger partial charge on any atom is -0.481 e. The summed E-state index contributed by atoms with van der Waals surface area (Å²) in [7, 11) is 0. The molecule has 1 aromatic rings. The van der Waals surface area contributed by atoms with Gasteiger partial charge < -0.3 is 10.4 Å². The summed E-state index contributed by atoms with van der Waals surface area (Å²) in [6.45, 7) is 2.07. The van der Waals surface area contributed by atoms with E-state index in [1.807, 2.05) is 17.5 Å². The van der Waals surface area contributed by atoms with E-state index in [2.05, 4.69) is 12.2 Å². The Balaban J connectivity index is 1.94. The molecule has 98 valence electrons. The molecule has 3 unspecified atom stereocenters. The van der Waals surface area contributed by atoms with Crippen LogP contribution in [0.4, 0.5) is 0 Å². The zero-order chi connectivity index (χ0) is 13.1. The first-order chi connectivity index (χ1) is 8.63. The van der Waals surface area contributed by atoms with E-state index in [1.54, 1.807) is 11.3 Å². The van der Waals surface area contributed by atoms with Gasteiger partial charge in [-0.05, 0) is 24.3 Å². The van der Waals surface area contributed by atoms with Gasteiger partial charge in [0, 0.05) is 4.88 Å². The van der Waals surface area contributed by atoms with E-state index in [0.29, 0.717) is 6.42 Å². The van der Waals surface area contributed by atoms with Crippen molar-refractivity contribution in [2.24, 2.45) is 11.8 Å². The van der Waals surface area contributed by atoms with Gasteiger partial charge in [0.1, 0.15) is 0 Å². The standard InChI is InChI=1S/C13H17NO3S/c1-2-4-10(11-5-3-6-18-11)14-12(15)8-7-9(8)13(16)17/h3,5-6,8-10H,2,4,7H2,1H3,(H,14,15)(H,16,17). The lowest BCUT2D eigenvalue weighted by Gasteiger charge is -2.16. The van der Waals surface area contributed by atoms with Crippen LogP contribution in [0, 0.1) is 11.8 Å². The summed E-state index contributed by atoms with van der Waals surface area (Å²) in [6, 6.07) is 4.00. The molecule has 3 atom stereocenters. The Labute approximate surface area is 110 Å². The van der Waals surface area contributed by atoms with Crippen molar-refractivity contribution < 1.29 is 14.7 Å². The highest BCUT2D eigenvalue weighted by Crippen LogP contribution is 2.39. The van der Waals surface area contributed by atoms with Gasteiger partial charge in [0.2, 0.25) is 5.91 Å². The van der Waals surface area contributed by atoms with Crippen LogP contribution in [0.2, 0.25) is 0 Å². The first-order valence-electron chi connectivity index (χ1n) is 6.20. The van der Waals surface area contributed by atoms with Crippen molar-refractivity contribution in [3.8, 4) is 0 Å². The zero-order valence-electron chi connectivity index (χ0n) is 10.3. The number of aliphatic carboxylic acids is 1. The van der Waals surface area contributed by atoms with Gasteiger partial charge in [-0.2, -0.15) is 0 Å². The second kappa shape index (κ2) is 5.52. The molecule has 0 aromatic carbocycles. The SMILES string of the molecule is CCCC(NC(=O)C1CC1C(=O)O)c1cccs1. The zero-order valence-corrected chi connectivity index (χ0v) is 11.1. The molecule has 5 heteroatoms. The molecule has 0 saturated heterocycles. The topological polar surface area (TPSA) is 66.4 Å². The third-order valence-electron chi connectivity index (χ3n) is 3.22. The number of amides is 1. The molecule has 0 radical (unpaired) electrons. The number of carbonyl (C=O) groups is 2. The van der Waals surface area contributed by atoms with Gasteiger partial charge in [-0.3, -0.25) is 9.59 Å². The number of carboxylic acid groups (broad SMARTS) is 1. The second-order valence-electron chi connectivity index (χ2n) is 4.65. The summed E-state index contributed by atoms with van der Waals surface area (Å²) in [5.41, 5.74) is 0. The molecular formula is C13H17NO3S. The van der Waals surface area contributed by atoms with Crippen molar-refractivity contribution in [3.63, 3.8) is 0 Å². The number of nitrogens with one attached hydrogen (secondary N) is 1. The molecule has 1 aliphatic rings. The summed E-state index contributed by atoms with van der Waals surface area (Å²) in [4.78, 5) is 23.8. The Kier molecular flexibility index (Phi) is 4.01. The highest BCUT2D eigenvalue weighted by Gasteiger charge is 2.48. The Bertz CT molecular complexity index is 429. The van der Waals surface area contributed by atoms with E-state index in [0.717, 1.165) is 17.7 Å². The summed E-state index contributed by atoms with van der Waals surface area (Å²) in [6.07, 6.45) is 2.34. The first kappa shape index (κ1) is 13.1. The number of rotatable bonds is 6. The molecule has 1 aliphatic carbocycles. The summed E-state index contributed by atoms with van der Waals surface area (Å²) < 4.78 is 0. The van der Waals surface area contributed by atoms with Crippen LogP contribution < -0.4 is 5.32 Å². The normalized spacial score (nSPS) is 23.4. The van der Waals surface area contributed by atoms with Gasteiger partial charge in [-0.15, -0.1) is 11.3 Å². The largest absolute Gasteiger partial charge is 0.481 e. The number of carbonyl (C=O) groups excluding carboxylic acids is 1. The number of hydrogen-bond donors (Lipinski definition) is 2. The lowest BCUT2D eigenvalue weighted by atomic mass is 10.1. The predicted octanol–water partition coefficient (Wildman–Crippen LogP) is 2.43. The molecule has 0 bridgehead atoms. The average Bonchev–Trinajstić information content (AvgIpc) is 2.96. The lowest BCUT2D eigenvalue weighted by Crippen LogP contribution is -2.30. The van der Waals surface area contributed by atoms with Crippen LogP contribution in [0.1, 0.15) is 37.1 Å². The van der Waals surface area contributed by atoms with Gasteiger partial charge in [0.15, 0.2) is 0 Å². The fraction of sp³-hybridized carbons (Fsp3) is 0.538. The number of hydrogen-bond acceptors (Lipinski definition) is 3. The molecule has 1 heterocycles. The Morgan fingerprint density at radius 2 is 2.33 bits per heavy atom. The van der Waals surface area contributed by atoms with Crippen LogP contribution in [-0.4, -0.2) is 17.0 Å². The predicted molar refractivity (Wildman–Crippen MR) is 69.3 cm³/mol. The van der Waals surface area contributed by atoms with E-state index in [-0.39, 0.29) is 17.9 Å². The van der Waals surface area contributed by atoms with Gasteiger partial charge in [-0.1, -0.05) is 19.4 Å². The van der Waals surface area contributed by atoms with E-state index < -0.39 is 11.9 Å². The van der Waals surface area contributed by atoms with Crippen LogP contribution >= 0.6 is 11.3 Å². The van der Waals surface area contributed by atoms with Crippen LogP contribution in [0.25, 0.3) is 0 Å². The van der Waals surface area contributed by atoms with Crippen LogP contribution in [-0.2, 0) is 9.59 Å². The highest BCUT2D eigenvalue weighted by molar-refractivity contribution is 7.10. The monoisotopic (exact) mass is 267 g/mol. The molecule has 0 aliphatic heterocycles. The number of carboxylic acids is 1. The van der Waals surface area contributed by atoms with Gasteiger partial charge in [0.05, 0.1) is 17.9 Å². The maximum Gasteiger partial charge on any atom is 0.307 e. The minimum absolute atomic E-state index is 0.0255. The fourth-order valence-electron chi connectivity index (χ4n) is 2.10. The van der Waals surface area contributed by atoms with E-state index in [9.17, 15) is 9.59 Å². The highest BCUT2D eigenvalue weighted by atomic mass is 32.1. The Morgan fingerprint density at radius 1 is 1.56 bits per heavy atom. The number of thiophene rings is 1. The molecule has 1 amide bonds. The van der Waals surface area contributed by atoms with Crippen molar-refractivity contribution in [1.29, 1.82) is 0 Å². The van der Waals surface area contributed by atoms with Crippen molar-refractivity contribution in [2.75, 3.05) is 0 Å². The molecule has 0 spiro atoms. The second-order valence-corrected chi connectivity index (χ2v) is 5.63. The van der Waals surface area contributed by atoms with Crippen LogP contribution in [0.15, 0.2) is 17.5 Å².